The summed E-state index contributed by atoms with van der Waals surface area (Å²) in [5.74, 6) is 0. The molecule has 1 aromatic rings. The van der Waals surface area contributed by atoms with Crippen LogP contribution in [0.3, 0.4) is 0 Å². The van der Waals surface area contributed by atoms with Crippen molar-refractivity contribution in [3.8, 4) is 0 Å². The molecule has 90 valence electrons. The van der Waals surface area contributed by atoms with Gasteiger partial charge in [0, 0.05) is 0 Å². The Morgan fingerprint density at radius 2 is 1.56 bits per heavy atom. The van der Waals surface area contributed by atoms with Gasteiger partial charge in [-0.1, -0.05) is 56.5 Å². The van der Waals surface area contributed by atoms with E-state index in [1.807, 2.05) is 0 Å². The topological polar surface area (TPSA) is 12.0 Å². The van der Waals surface area contributed by atoms with Crippen LogP contribution < -0.4 is 5.32 Å². The lowest BCUT2D eigenvalue weighted by molar-refractivity contribution is 0.583. The third-order valence-electron chi connectivity index (χ3n) is 2.91. The van der Waals surface area contributed by atoms with Crippen molar-refractivity contribution in [2.24, 2.45) is 0 Å². The minimum absolute atomic E-state index is 1.11. The Kier molecular flexibility index (Phi) is 7.79. The van der Waals surface area contributed by atoms with E-state index in [4.69, 9.17) is 0 Å². The van der Waals surface area contributed by atoms with Crippen LogP contribution in [-0.4, -0.2) is 13.1 Å². The average molecular weight is 219 g/mol. The summed E-state index contributed by atoms with van der Waals surface area (Å²) >= 11 is 0. The summed E-state index contributed by atoms with van der Waals surface area (Å²) in [6.45, 7) is 4.46. The number of rotatable bonds is 9. The fourth-order valence-corrected chi connectivity index (χ4v) is 1.93. The van der Waals surface area contributed by atoms with E-state index in [1.165, 1.54) is 50.6 Å². The molecule has 0 unspecified atom stereocenters. The molecule has 0 aliphatic rings. The quantitative estimate of drug-likeness (QED) is 0.623. The number of nitrogens with one attached hydrogen (secondary N) is 1. The first kappa shape index (κ1) is 13.2. The lowest BCUT2D eigenvalue weighted by Crippen LogP contribution is -2.13. The highest BCUT2D eigenvalue weighted by molar-refractivity contribution is 5.14. The smallest absolute Gasteiger partial charge is 0.00490 e. The largest absolute Gasteiger partial charge is 0.317 e. The molecule has 0 spiro atoms. The Balaban J connectivity index is 1.89. The van der Waals surface area contributed by atoms with Gasteiger partial charge in [0.25, 0.3) is 0 Å². The highest BCUT2D eigenvalue weighted by atomic mass is 14.8. The molecule has 0 radical (unpaired) electrons. The summed E-state index contributed by atoms with van der Waals surface area (Å²) in [6.07, 6.45) is 8.06. The second-order valence-electron chi connectivity index (χ2n) is 4.36. The molecule has 0 bridgehead atoms. The molecule has 0 saturated heterocycles. The van der Waals surface area contributed by atoms with Gasteiger partial charge in [0.1, 0.15) is 0 Å². The third-order valence-corrected chi connectivity index (χ3v) is 2.91. The van der Waals surface area contributed by atoms with E-state index >= 15 is 0 Å². The second kappa shape index (κ2) is 9.41. The van der Waals surface area contributed by atoms with Crippen molar-refractivity contribution in [1.29, 1.82) is 0 Å². The van der Waals surface area contributed by atoms with E-state index < -0.39 is 0 Å². The van der Waals surface area contributed by atoms with Crippen LogP contribution in [0, 0.1) is 0 Å². The summed E-state index contributed by atoms with van der Waals surface area (Å²) in [7, 11) is 0. The van der Waals surface area contributed by atoms with Crippen LogP contribution in [0.5, 0.6) is 0 Å². The first-order valence-electron chi connectivity index (χ1n) is 6.68. The zero-order valence-corrected chi connectivity index (χ0v) is 10.5. The van der Waals surface area contributed by atoms with Gasteiger partial charge in [0.05, 0.1) is 0 Å². The highest BCUT2D eigenvalue weighted by Gasteiger charge is 1.93. The predicted octanol–water partition coefficient (Wildman–Crippen LogP) is 3.79. The monoisotopic (exact) mass is 219 g/mol. The molecule has 0 atom stereocenters. The molecule has 16 heavy (non-hydrogen) atoms. The van der Waals surface area contributed by atoms with Crippen molar-refractivity contribution >= 4 is 0 Å². The Bertz CT molecular complexity index is 243. The van der Waals surface area contributed by atoms with Crippen LogP contribution in [-0.2, 0) is 6.42 Å². The molecule has 1 N–H and O–H groups in total. The molecule has 1 heteroatoms. The van der Waals surface area contributed by atoms with Gasteiger partial charge in [-0.3, -0.25) is 0 Å². The van der Waals surface area contributed by atoms with Crippen molar-refractivity contribution in [3.63, 3.8) is 0 Å². The van der Waals surface area contributed by atoms with Gasteiger partial charge in [-0.25, -0.2) is 0 Å². The van der Waals surface area contributed by atoms with Crippen LogP contribution in [0.15, 0.2) is 30.3 Å². The maximum absolute atomic E-state index is 3.37. The van der Waals surface area contributed by atoms with E-state index in [9.17, 15) is 0 Å². The molecule has 1 aromatic carbocycles. The molecule has 0 aliphatic carbocycles. The molecule has 0 amide bonds. The van der Waals surface area contributed by atoms with E-state index in [2.05, 4.69) is 42.6 Å². The maximum atomic E-state index is 3.37. The first-order valence-corrected chi connectivity index (χ1v) is 6.68. The lowest BCUT2D eigenvalue weighted by Gasteiger charge is -2.03. The van der Waals surface area contributed by atoms with Gasteiger partial charge < -0.3 is 5.32 Å². The van der Waals surface area contributed by atoms with E-state index in [0.29, 0.717) is 0 Å². The van der Waals surface area contributed by atoms with E-state index in [1.54, 1.807) is 0 Å². The molecule has 1 rings (SSSR count). The van der Waals surface area contributed by atoms with Crippen LogP contribution in [0.1, 0.15) is 44.6 Å². The number of benzene rings is 1. The van der Waals surface area contributed by atoms with Gasteiger partial charge >= 0.3 is 0 Å². The Morgan fingerprint density at radius 1 is 0.875 bits per heavy atom. The van der Waals surface area contributed by atoms with Crippen molar-refractivity contribution in [3.05, 3.63) is 35.9 Å². The molecular weight excluding hydrogens is 194 g/mol. The molecule has 0 saturated carbocycles. The maximum Gasteiger partial charge on any atom is -0.00490 e. The van der Waals surface area contributed by atoms with Crippen molar-refractivity contribution in [1.82, 2.24) is 5.32 Å². The minimum Gasteiger partial charge on any atom is -0.317 e. The summed E-state index contributed by atoms with van der Waals surface area (Å²) in [5, 5.41) is 3.37. The fourth-order valence-electron chi connectivity index (χ4n) is 1.93. The zero-order valence-electron chi connectivity index (χ0n) is 10.5. The van der Waals surface area contributed by atoms with E-state index in [0.717, 1.165) is 6.54 Å². The Labute approximate surface area is 100 Å². The van der Waals surface area contributed by atoms with Gasteiger partial charge in [0.2, 0.25) is 0 Å². The van der Waals surface area contributed by atoms with E-state index in [-0.39, 0.29) is 0 Å². The molecule has 1 nitrogen and oxygen atoms in total. The van der Waals surface area contributed by atoms with Gasteiger partial charge in [-0.2, -0.15) is 0 Å². The second-order valence-corrected chi connectivity index (χ2v) is 4.36. The van der Waals surface area contributed by atoms with Gasteiger partial charge in [-0.05, 0) is 37.9 Å². The molecule has 0 fully saturated rings. The van der Waals surface area contributed by atoms with Gasteiger partial charge in [-0.15, -0.1) is 0 Å². The van der Waals surface area contributed by atoms with Crippen molar-refractivity contribution in [2.75, 3.05) is 13.1 Å². The summed E-state index contributed by atoms with van der Waals surface area (Å²) < 4.78 is 0. The Morgan fingerprint density at radius 3 is 2.31 bits per heavy atom. The van der Waals surface area contributed by atoms with Crippen LogP contribution in [0.2, 0.25) is 0 Å². The number of hydrogen-bond donors (Lipinski definition) is 1. The number of hydrogen-bond acceptors (Lipinski definition) is 1. The van der Waals surface area contributed by atoms with Crippen LogP contribution in [0.4, 0.5) is 0 Å². The van der Waals surface area contributed by atoms with Crippen LogP contribution >= 0.6 is 0 Å². The van der Waals surface area contributed by atoms with Crippen molar-refractivity contribution < 1.29 is 0 Å². The standard InChI is InChI=1S/C15H25N/c1-2-16-14-10-5-3-4-7-11-15-12-8-6-9-13-15/h6,8-9,12-13,16H,2-5,7,10-11,14H2,1H3. The molecule has 0 heterocycles. The van der Waals surface area contributed by atoms with Crippen LogP contribution in [0.25, 0.3) is 0 Å². The lowest BCUT2D eigenvalue weighted by atomic mass is 10.1. The number of aryl methyl sites for hydroxylation is 1. The molecular formula is C15H25N. The summed E-state index contributed by atoms with van der Waals surface area (Å²) in [5.41, 5.74) is 1.48. The summed E-state index contributed by atoms with van der Waals surface area (Å²) in [4.78, 5) is 0. The number of unbranched alkanes of at least 4 members (excludes halogenated alkanes) is 4. The average Bonchev–Trinajstić information content (AvgIpc) is 2.34. The normalized spacial score (nSPS) is 10.6. The third kappa shape index (κ3) is 6.62. The fraction of sp³-hybridized carbons (Fsp3) is 0.600. The summed E-state index contributed by atoms with van der Waals surface area (Å²) in [6, 6.07) is 10.8. The van der Waals surface area contributed by atoms with Gasteiger partial charge in [0.15, 0.2) is 0 Å². The van der Waals surface area contributed by atoms with Crippen molar-refractivity contribution in [2.45, 2.75) is 45.4 Å². The zero-order chi connectivity index (χ0) is 11.5. The first-order chi connectivity index (χ1) is 7.93. The molecule has 0 aromatic heterocycles. The minimum atomic E-state index is 1.11. The Hall–Kier alpha value is -0.820. The predicted molar refractivity (Wildman–Crippen MR) is 71.8 cm³/mol. The SMILES string of the molecule is CCNCCCCCCCc1ccccc1. The highest BCUT2D eigenvalue weighted by Crippen LogP contribution is 2.08. The molecule has 0 aliphatic heterocycles.